The van der Waals surface area contributed by atoms with E-state index in [-0.39, 0.29) is 17.2 Å². The Labute approximate surface area is 107 Å². The van der Waals surface area contributed by atoms with E-state index in [1.807, 2.05) is 0 Å². The molecule has 1 aromatic heterocycles. The lowest BCUT2D eigenvalue weighted by atomic mass is 10.4. The van der Waals surface area contributed by atoms with E-state index in [4.69, 9.17) is 4.74 Å². The van der Waals surface area contributed by atoms with Crippen molar-refractivity contribution >= 4 is 16.0 Å². The largest absolute Gasteiger partial charge is 0.461 e. The fraction of sp³-hybridized carbons (Fsp3) is 0.545. The molecular formula is C11H18N2O4S. The summed E-state index contributed by atoms with van der Waals surface area (Å²) in [6.45, 7) is 3.60. The number of sulfonamides is 1. The quantitative estimate of drug-likeness (QED) is 0.760. The van der Waals surface area contributed by atoms with Crippen molar-refractivity contribution < 1.29 is 17.9 Å². The molecule has 0 N–H and O–H groups in total. The Bertz CT molecular complexity index is 558. The van der Waals surface area contributed by atoms with Gasteiger partial charge in [-0.25, -0.2) is 17.5 Å². The predicted molar refractivity (Wildman–Crippen MR) is 67.0 cm³/mol. The summed E-state index contributed by atoms with van der Waals surface area (Å²) in [5.74, 6) is -0.525. The minimum Gasteiger partial charge on any atom is -0.461 e. The van der Waals surface area contributed by atoms with Gasteiger partial charge in [0.05, 0.1) is 6.61 Å². The average Bonchev–Trinajstić information content (AvgIpc) is 2.57. The fourth-order valence-corrected chi connectivity index (χ4v) is 2.69. The number of carbonyl (C=O) groups excluding carboxylic acids is 1. The van der Waals surface area contributed by atoms with Crippen LogP contribution in [0, 0.1) is 6.92 Å². The standard InChI is InChI=1S/C11H18N2O4S/c1-6-17-11(14)9-7-10(8(2)13(9)5)18(15,16)12(3)4/h7H,6H2,1-5H3. The topological polar surface area (TPSA) is 68.6 Å². The van der Waals surface area contributed by atoms with Crippen molar-refractivity contribution in [1.29, 1.82) is 0 Å². The van der Waals surface area contributed by atoms with Crippen LogP contribution in [0.2, 0.25) is 0 Å². The van der Waals surface area contributed by atoms with Gasteiger partial charge in [-0.15, -0.1) is 0 Å². The Kier molecular flexibility index (Phi) is 4.18. The third kappa shape index (κ3) is 2.41. The van der Waals surface area contributed by atoms with Gasteiger partial charge in [-0.3, -0.25) is 0 Å². The molecule has 0 aliphatic heterocycles. The molecule has 0 fully saturated rings. The number of carbonyl (C=O) groups is 1. The van der Waals surface area contributed by atoms with Crippen LogP contribution < -0.4 is 0 Å². The van der Waals surface area contributed by atoms with E-state index in [2.05, 4.69) is 0 Å². The maximum absolute atomic E-state index is 12.1. The Morgan fingerprint density at radius 3 is 2.44 bits per heavy atom. The normalized spacial score (nSPS) is 11.9. The fourth-order valence-electron chi connectivity index (χ4n) is 1.53. The highest BCUT2D eigenvalue weighted by molar-refractivity contribution is 7.89. The van der Waals surface area contributed by atoms with Gasteiger partial charge in [-0.05, 0) is 19.9 Å². The molecule has 0 saturated carbocycles. The van der Waals surface area contributed by atoms with Crippen LogP contribution in [0.25, 0.3) is 0 Å². The van der Waals surface area contributed by atoms with Crippen LogP contribution in [0.15, 0.2) is 11.0 Å². The number of aromatic nitrogens is 1. The van der Waals surface area contributed by atoms with Gasteiger partial charge in [0.25, 0.3) is 0 Å². The van der Waals surface area contributed by atoms with Crippen molar-refractivity contribution in [3.63, 3.8) is 0 Å². The smallest absolute Gasteiger partial charge is 0.354 e. The molecule has 0 radical (unpaired) electrons. The van der Waals surface area contributed by atoms with E-state index in [9.17, 15) is 13.2 Å². The third-order valence-electron chi connectivity index (χ3n) is 2.73. The van der Waals surface area contributed by atoms with Gasteiger partial charge in [-0.2, -0.15) is 0 Å². The maximum atomic E-state index is 12.1. The first-order chi connectivity index (χ1) is 8.23. The molecule has 6 nitrogen and oxygen atoms in total. The zero-order valence-electron chi connectivity index (χ0n) is 11.2. The molecule has 0 aromatic carbocycles. The van der Waals surface area contributed by atoms with Crippen molar-refractivity contribution in [3.05, 3.63) is 17.5 Å². The molecule has 18 heavy (non-hydrogen) atoms. The summed E-state index contributed by atoms with van der Waals surface area (Å²) >= 11 is 0. The molecule has 0 saturated heterocycles. The first-order valence-corrected chi connectivity index (χ1v) is 6.93. The lowest BCUT2D eigenvalue weighted by Gasteiger charge is -2.10. The molecule has 0 atom stereocenters. The number of ether oxygens (including phenoxy) is 1. The molecule has 1 rings (SSSR count). The summed E-state index contributed by atoms with van der Waals surface area (Å²) in [4.78, 5) is 11.8. The lowest BCUT2D eigenvalue weighted by molar-refractivity contribution is 0.0515. The highest BCUT2D eigenvalue weighted by Crippen LogP contribution is 2.22. The van der Waals surface area contributed by atoms with E-state index in [1.165, 1.54) is 24.7 Å². The Balaban J connectivity index is 3.36. The Hall–Kier alpha value is -1.34. The summed E-state index contributed by atoms with van der Waals surface area (Å²) in [5.41, 5.74) is 0.738. The molecule has 1 heterocycles. The molecule has 102 valence electrons. The van der Waals surface area contributed by atoms with Crippen LogP contribution in [0.1, 0.15) is 23.1 Å². The van der Waals surface area contributed by atoms with Crippen molar-refractivity contribution in [2.24, 2.45) is 7.05 Å². The van der Waals surface area contributed by atoms with Gasteiger partial charge in [-0.1, -0.05) is 0 Å². The summed E-state index contributed by atoms with van der Waals surface area (Å²) in [5, 5.41) is 0. The van der Waals surface area contributed by atoms with E-state index in [0.29, 0.717) is 5.69 Å². The summed E-state index contributed by atoms with van der Waals surface area (Å²) < 4.78 is 31.6. The molecule has 0 unspecified atom stereocenters. The second kappa shape index (κ2) is 5.11. The van der Waals surface area contributed by atoms with Crippen LogP contribution in [0.4, 0.5) is 0 Å². The molecule has 0 bridgehead atoms. The van der Waals surface area contributed by atoms with Gasteiger partial charge >= 0.3 is 5.97 Å². The van der Waals surface area contributed by atoms with Crippen LogP contribution in [0.3, 0.4) is 0 Å². The SMILES string of the molecule is CCOC(=O)c1cc(S(=O)(=O)N(C)C)c(C)n1C. The molecule has 1 aromatic rings. The summed E-state index contributed by atoms with van der Waals surface area (Å²) in [6.07, 6.45) is 0. The van der Waals surface area contributed by atoms with Gasteiger partial charge in [0.2, 0.25) is 10.0 Å². The van der Waals surface area contributed by atoms with Crippen molar-refractivity contribution in [2.75, 3.05) is 20.7 Å². The Morgan fingerprint density at radius 2 is 2.00 bits per heavy atom. The predicted octanol–water partition coefficient (Wildman–Crippen LogP) is 0.761. The number of hydrogen-bond acceptors (Lipinski definition) is 4. The van der Waals surface area contributed by atoms with Gasteiger partial charge in [0.1, 0.15) is 10.6 Å². The second-order valence-electron chi connectivity index (χ2n) is 4.05. The lowest BCUT2D eigenvalue weighted by Crippen LogP contribution is -2.22. The minimum absolute atomic E-state index is 0.123. The van der Waals surface area contributed by atoms with E-state index in [1.54, 1.807) is 20.9 Å². The minimum atomic E-state index is -3.55. The van der Waals surface area contributed by atoms with E-state index in [0.717, 1.165) is 4.31 Å². The molecule has 7 heteroatoms. The van der Waals surface area contributed by atoms with Crippen LogP contribution in [-0.4, -0.2) is 44.0 Å². The van der Waals surface area contributed by atoms with E-state index >= 15 is 0 Å². The first-order valence-electron chi connectivity index (χ1n) is 5.49. The van der Waals surface area contributed by atoms with Crippen LogP contribution in [0.5, 0.6) is 0 Å². The number of rotatable bonds is 4. The maximum Gasteiger partial charge on any atom is 0.354 e. The Morgan fingerprint density at radius 1 is 1.44 bits per heavy atom. The molecule has 0 aliphatic rings. The third-order valence-corrected chi connectivity index (χ3v) is 4.66. The van der Waals surface area contributed by atoms with Gasteiger partial charge in [0, 0.05) is 26.8 Å². The first kappa shape index (κ1) is 14.7. The highest BCUT2D eigenvalue weighted by atomic mass is 32.2. The second-order valence-corrected chi connectivity index (χ2v) is 6.17. The van der Waals surface area contributed by atoms with Crippen molar-refractivity contribution in [3.8, 4) is 0 Å². The number of hydrogen-bond donors (Lipinski definition) is 0. The molecular weight excluding hydrogens is 256 g/mol. The summed E-state index contributed by atoms with van der Waals surface area (Å²) in [7, 11) is 0.983. The number of esters is 1. The van der Waals surface area contributed by atoms with Crippen LogP contribution in [-0.2, 0) is 21.8 Å². The van der Waals surface area contributed by atoms with Gasteiger partial charge in [0.15, 0.2) is 0 Å². The average molecular weight is 274 g/mol. The van der Waals surface area contributed by atoms with Gasteiger partial charge < -0.3 is 9.30 Å². The van der Waals surface area contributed by atoms with Crippen molar-refractivity contribution in [2.45, 2.75) is 18.7 Å². The number of nitrogens with zero attached hydrogens (tertiary/aromatic N) is 2. The monoisotopic (exact) mass is 274 g/mol. The zero-order valence-corrected chi connectivity index (χ0v) is 12.0. The van der Waals surface area contributed by atoms with Crippen molar-refractivity contribution in [1.82, 2.24) is 8.87 Å². The van der Waals surface area contributed by atoms with Crippen LogP contribution >= 0.6 is 0 Å². The van der Waals surface area contributed by atoms with E-state index < -0.39 is 16.0 Å². The highest BCUT2D eigenvalue weighted by Gasteiger charge is 2.26. The molecule has 0 spiro atoms. The molecule has 0 amide bonds. The summed E-state index contributed by atoms with van der Waals surface area (Å²) in [6, 6.07) is 1.35. The molecule has 0 aliphatic carbocycles. The zero-order chi connectivity index (χ0) is 14.1.